The van der Waals surface area contributed by atoms with Crippen LogP contribution in [0.25, 0.3) is 33.4 Å². The minimum atomic E-state index is -0.841. The fourth-order valence-electron chi connectivity index (χ4n) is 4.31. The average Bonchev–Trinajstić information content (AvgIpc) is 2.84. The third-order valence-corrected chi connectivity index (χ3v) is 7.72. The third-order valence-electron chi connectivity index (χ3n) is 6.03. The second kappa shape index (κ2) is 9.23. The van der Waals surface area contributed by atoms with E-state index in [0.717, 1.165) is 16.6 Å². The van der Waals surface area contributed by atoms with Crippen molar-refractivity contribution in [1.82, 2.24) is 24.5 Å². The van der Waals surface area contributed by atoms with Gasteiger partial charge in [-0.1, -0.05) is 23.7 Å². The highest BCUT2D eigenvalue weighted by atomic mass is 35.5. The number of anilines is 1. The second-order valence-electron chi connectivity index (χ2n) is 8.28. The van der Waals surface area contributed by atoms with Crippen molar-refractivity contribution < 1.29 is 4.21 Å². The molecule has 1 aliphatic heterocycles. The van der Waals surface area contributed by atoms with Gasteiger partial charge in [-0.3, -0.25) is 18.6 Å². The largest absolute Gasteiger partial charge is 0.357 e. The molecular weight excluding hydrogens is 472 g/mol. The summed E-state index contributed by atoms with van der Waals surface area (Å²) >= 11 is 6.70. The topological polar surface area (TPSA) is 103 Å². The molecule has 0 aliphatic carbocycles. The summed E-state index contributed by atoms with van der Waals surface area (Å²) in [5.41, 5.74) is 3.85. The van der Waals surface area contributed by atoms with Gasteiger partial charge in [-0.25, -0.2) is 9.97 Å². The fourth-order valence-corrected chi connectivity index (χ4v) is 5.86. The number of fused-ring (bicyclic) bond motifs is 1. The van der Waals surface area contributed by atoms with Crippen LogP contribution in [0.3, 0.4) is 0 Å². The van der Waals surface area contributed by atoms with Gasteiger partial charge in [0.15, 0.2) is 0 Å². The van der Waals surface area contributed by atoms with Gasteiger partial charge in [0.05, 0.1) is 17.6 Å². The van der Waals surface area contributed by atoms with Crippen molar-refractivity contribution in [2.75, 3.05) is 23.9 Å². The predicted octanol–water partition coefficient (Wildman–Crippen LogP) is 4.00. The number of hydrogen-bond donors (Lipinski definition) is 1. The first-order valence-corrected chi connectivity index (χ1v) is 12.8. The van der Waals surface area contributed by atoms with Gasteiger partial charge in [0, 0.05) is 74.9 Å². The molecule has 1 fully saturated rings. The number of benzene rings is 1. The Morgan fingerprint density at radius 1 is 1.09 bits per heavy atom. The maximum absolute atomic E-state index is 13.8. The monoisotopic (exact) mass is 494 g/mol. The Morgan fingerprint density at radius 2 is 1.88 bits per heavy atom. The van der Waals surface area contributed by atoms with E-state index in [1.165, 1.54) is 0 Å². The molecule has 10 heteroatoms. The van der Waals surface area contributed by atoms with E-state index in [9.17, 15) is 9.00 Å². The molecule has 8 nitrogen and oxygen atoms in total. The molecule has 3 aromatic heterocycles. The van der Waals surface area contributed by atoms with Crippen molar-refractivity contribution in [3.8, 4) is 22.4 Å². The van der Waals surface area contributed by atoms with E-state index in [0.29, 0.717) is 57.8 Å². The van der Waals surface area contributed by atoms with Crippen molar-refractivity contribution in [2.24, 2.45) is 0 Å². The summed E-state index contributed by atoms with van der Waals surface area (Å²) in [6.45, 7) is 1.88. The first kappa shape index (κ1) is 22.6. The zero-order chi connectivity index (χ0) is 23.8. The number of hydrogen-bond acceptors (Lipinski definition) is 7. The molecule has 0 radical (unpaired) electrons. The minimum absolute atomic E-state index is 0.0899. The van der Waals surface area contributed by atoms with Gasteiger partial charge in [0.25, 0.3) is 5.56 Å². The second-order valence-corrected chi connectivity index (χ2v) is 10.4. The van der Waals surface area contributed by atoms with E-state index >= 15 is 0 Å². The van der Waals surface area contributed by atoms with Gasteiger partial charge < -0.3 is 5.32 Å². The molecule has 0 bridgehead atoms. The Hall–Kier alpha value is -3.17. The van der Waals surface area contributed by atoms with Gasteiger partial charge in [0.2, 0.25) is 5.95 Å². The Balaban J connectivity index is 1.67. The van der Waals surface area contributed by atoms with Crippen molar-refractivity contribution in [1.29, 1.82) is 0 Å². The normalized spacial score (nSPS) is 18.2. The lowest BCUT2D eigenvalue weighted by atomic mass is 10.0. The van der Waals surface area contributed by atoms with Crippen molar-refractivity contribution >= 4 is 39.4 Å². The van der Waals surface area contributed by atoms with Gasteiger partial charge in [-0.05, 0) is 31.9 Å². The summed E-state index contributed by atoms with van der Waals surface area (Å²) in [6, 6.07) is 7.24. The number of nitrogens with zero attached hydrogens (tertiary/aromatic N) is 5. The lowest BCUT2D eigenvalue weighted by molar-refractivity contribution is 0.461. The first-order valence-electron chi connectivity index (χ1n) is 11.0. The number of halogens is 1. The summed E-state index contributed by atoms with van der Waals surface area (Å²) < 4.78 is 13.7. The summed E-state index contributed by atoms with van der Waals surface area (Å²) in [6.07, 6.45) is 6.40. The van der Waals surface area contributed by atoms with E-state index in [1.54, 1.807) is 42.3 Å². The summed E-state index contributed by atoms with van der Waals surface area (Å²) in [5, 5.41) is 4.12. The predicted molar refractivity (Wildman–Crippen MR) is 136 cm³/mol. The lowest BCUT2D eigenvalue weighted by Crippen LogP contribution is -2.31. The third kappa shape index (κ3) is 4.21. The van der Waals surface area contributed by atoms with Crippen LogP contribution >= 0.6 is 11.6 Å². The number of pyridine rings is 1. The van der Waals surface area contributed by atoms with E-state index in [-0.39, 0.29) is 11.6 Å². The first-order chi connectivity index (χ1) is 16.4. The summed E-state index contributed by atoms with van der Waals surface area (Å²) in [7, 11) is 0.896. The molecule has 34 heavy (non-hydrogen) atoms. The summed E-state index contributed by atoms with van der Waals surface area (Å²) in [4.78, 5) is 31.5. The van der Waals surface area contributed by atoms with E-state index in [1.807, 2.05) is 19.1 Å². The maximum atomic E-state index is 13.8. The molecular formula is C24H23ClN6O2S. The van der Waals surface area contributed by atoms with Crippen LogP contribution in [0, 0.1) is 6.92 Å². The molecule has 4 aromatic rings. The maximum Gasteiger partial charge on any atom is 0.260 e. The van der Waals surface area contributed by atoms with Gasteiger partial charge >= 0.3 is 0 Å². The smallest absolute Gasteiger partial charge is 0.260 e. The Kier molecular flexibility index (Phi) is 6.14. The van der Waals surface area contributed by atoms with E-state index < -0.39 is 10.8 Å². The van der Waals surface area contributed by atoms with Crippen LogP contribution < -0.4 is 10.9 Å². The van der Waals surface area contributed by atoms with Crippen LogP contribution in [0.2, 0.25) is 5.02 Å². The fraction of sp³-hybridized carbons (Fsp3) is 0.292. The number of rotatable bonds is 4. The Morgan fingerprint density at radius 3 is 2.59 bits per heavy atom. The van der Waals surface area contributed by atoms with Crippen LogP contribution in [-0.4, -0.2) is 47.3 Å². The quantitative estimate of drug-likeness (QED) is 0.457. The molecule has 1 saturated heterocycles. The molecule has 1 aromatic carbocycles. The molecule has 5 rings (SSSR count). The van der Waals surface area contributed by atoms with Crippen molar-refractivity contribution in [3.05, 3.63) is 63.9 Å². The van der Waals surface area contributed by atoms with Gasteiger partial charge in [0.1, 0.15) is 5.65 Å². The Bertz CT molecular complexity index is 1480. The number of aromatic nitrogens is 5. The standard InChI is InChI=1S/C24H23ClN6O2S/c1-14-11-27-13-21(29-14)15-3-4-18(20(25)10-15)19-9-16-12-28-24(26-2)30-22(16)31(23(19)32)17-5-7-34(33)8-6-17/h3-4,9-13,17H,5-8H2,1-2H3,(H,26,28,30). The Labute approximate surface area is 203 Å². The van der Waals surface area contributed by atoms with Gasteiger partial charge in [-0.2, -0.15) is 4.98 Å². The number of aryl methyl sites for hydroxylation is 1. The molecule has 0 saturated carbocycles. The van der Waals surface area contributed by atoms with Crippen LogP contribution in [0.1, 0.15) is 24.6 Å². The summed E-state index contributed by atoms with van der Waals surface area (Å²) in [5.74, 6) is 1.58. The van der Waals surface area contributed by atoms with Crippen molar-refractivity contribution in [3.63, 3.8) is 0 Å². The highest BCUT2D eigenvalue weighted by Crippen LogP contribution is 2.33. The molecule has 0 spiro atoms. The van der Waals surface area contributed by atoms with Crippen LogP contribution in [0.4, 0.5) is 5.95 Å². The van der Waals surface area contributed by atoms with Crippen LogP contribution in [0.5, 0.6) is 0 Å². The van der Waals surface area contributed by atoms with Gasteiger partial charge in [-0.15, -0.1) is 0 Å². The minimum Gasteiger partial charge on any atom is -0.357 e. The van der Waals surface area contributed by atoms with Crippen molar-refractivity contribution in [2.45, 2.75) is 25.8 Å². The average molecular weight is 495 g/mol. The molecule has 0 amide bonds. The lowest BCUT2D eigenvalue weighted by Gasteiger charge is -2.25. The highest BCUT2D eigenvalue weighted by molar-refractivity contribution is 7.85. The van der Waals surface area contributed by atoms with Crippen LogP contribution in [0.15, 0.2) is 47.7 Å². The molecule has 1 N–H and O–H groups in total. The molecule has 4 heterocycles. The molecule has 174 valence electrons. The van der Waals surface area contributed by atoms with Crippen LogP contribution in [-0.2, 0) is 10.8 Å². The van der Waals surface area contributed by atoms with E-state index in [2.05, 4.69) is 25.3 Å². The number of nitrogens with one attached hydrogen (secondary N) is 1. The zero-order valence-electron chi connectivity index (χ0n) is 18.8. The zero-order valence-corrected chi connectivity index (χ0v) is 20.4. The molecule has 0 unspecified atom stereocenters. The highest BCUT2D eigenvalue weighted by Gasteiger charge is 2.25. The van der Waals surface area contributed by atoms with E-state index in [4.69, 9.17) is 11.6 Å². The SMILES string of the molecule is CNc1ncc2cc(-c3ccc(-c4cncc(C)n4)cc3Cl)c(=O)n(C3CCS(=O)CC3)c2n1. The molecule has 0 atom stereocenters. The molecule has 1 aliphatic rings.